The average molecular weight is 250 g/mol. The van der Waals surface area contributed by atoms with Crippen molar-refractivity contribution in [1.82, 2.24) is 4.90 Å². The lowest BCUT2D eigenvalue weighted by Crippen LogP contribution is -2.29. The normalized spacial score (nSPS) is 14.3. The number of primary sulfonamides is 1. The standard InChI is InChI=1S/C11H26N2O2S/c1-4-5-6-8-11(16(12,14)15)9-7-10-13(2)3/h11H,4-10H2,1-3H3,(H2,12,14,15). The van der Waals surface area contributed by atoms with Crippen molar-refractivity contribution in [2.45, 2.75) is 50.7 Å². The van der Waals surface area contributed by atoms with Gasteiger partial charge < -0.3 is 4.90 Å². The van der Waals surface area contributed by atoms with Crippen LogP contribution in [0.3, 0.4) is 0 Å². The number of unbranched alkanes of at least 4 members (excludes halogenated alkanes) is 2. The summed E-state index contributed by atoms with van der Waals surface area (Å²) in [6.07, 6.45) is 5.43. The van der Waals surface area contributed by atoms with E-state index in [0.29, 0.717) is 12.8 Å². The molecule has 0 saturated heterocycles. The Bertz CT molecular complexity index is 263. The van der Waals surface area contributed by atoms with Crippen molar-refractivity contribution in [3.63, 3.8) is 0 Å². The van der Waals surface area contributed by atoms with E-state index in [2.05, 4.69) is 11.8 Å². The molecule has 0 radical (unpaired) electrons. The van der Waals surface area contributed by atoms with Gasteiger partial charge in [-0.15, -0.1) is 0 Å². The summed E-state index contributed by atoms with van der Waals surface area (Å²) >= 11 is 0. The van der Waals surface area contributed by atoms with Gasteiger partial charge in [-0.1, -0.05) is 26.2 Å². The summed E-state index contributed by atoms with van der Waals surface area (Å²) in [5.74, 6) is 0. The molecule has 1 atom stereocenters. The Labute approximate surface area is 100 Å². The van der Waals surface area contributed by atoms with Gasteiger partial charge in [0.25, 0.3) is 0 Å². The van der Waals surface area contributed by atoms with Gasteiger partial charge in [0.2, 0.25) is 10.0 Å². The Morgan fingerprint density at radius 1 is 1.12 bits per heavy atom. The highest BCUT2D eigenvalue weighted by atomic mass is 32.2. The van der Waals surface area contributed by atoms with E-state index in [1.165, 1.54) is 0 Å². The third-order valence-corrected chi connectivity index (χ3v) is 4.13. The van der Waals surface area contributed by atoms with Gasteiger partial charge in [0.1, 0.15) is 0 Å². The number of sulfonamides is 1. The highest BCUT2D eigenvalue weighted by molar-refractivity contribution is 7.89. The van der Waals surface area contributed by atoms with E-state index in [-0.39, 0.29) is 5.25 Å². The van der Waals surface area contributed by atoms with E-state index in [1.54, 1.807) is 0 Å². The molecule has 0 aromatic heterocycles. The highest BCUT2D eigenvalue weighted by Crippen LogP contribution is 2.14. The molecule has 0 rings (SSSR count). The average Bonchev–Trinajstić information content (AvgIpc) is 2.13. The minimum Gasteiger partial charge on any atom is -0.309 e. The minimum absolute atomic E-state index is 0.348. The zero-order valence-electron chi connectivity index (χ0n) is 10.8. The van der Waals surface area contributed by atoms with Crippen molar-refractivity contribution in [3.8, 4) is 0 Å². The molecule has 5 heteroatoms. The monoisotopic (exact) mass is 250 g/mol. The molecule has 0 bridgehead atoms. The minimum atomic E-state index is -3.36. The molecule has 0 amide bonds. The van der Waals surface area contributed by atoms with Gasteiger partial charge in [0, 0.05) is 0 Å². The Kier molecular flexibility index (Phi) is 7.97. The van der Waals surface area contributed by atoms with Crippen LogP contribution in [-0.4, -0.2) is 39.2 Å². The SMILES string of the molecule is CCCCCC(CCCN(C)C)S(N)(=O)=O. The highest BCUT2D eigenvalue weighted by Gasteiger charge is 2.20. The van der Waals surface area contributed by atoms with E-state index < -0.39 is 10.0 Å². The van der Waals surface area contributed by atoms with Crippen LogP contribution in [0.5, 0.6) is 0 Å². The molecular weight excluding hydrogens is 224 g/mol. The second-order valence-electron chi connectivity index (χ2n) is 4.65. The Balaban J connectivity index is 4.02. The van der Waals surface area contributed by atoms with Crippen LogP contribution in [0, 0.1) is 0 Å². The molecule has 1 unspecified atom stereocenters. The van der Waals surface area contributed by atoms with Gasteiger partial charge in [-0.2, -0.15) is 0 Å². The van der Waals surface area contributed by atoms with Crippen molar-refractivity contribution >= 4 is 10.0 Å². The molecule has 16 heavy (non-hydrogen) atoms. The number of rotatable bonds is 9. The lowest BCUT2D eigenvalue weighted by Gasteiger charge is -2.16. The van der Waals surface area contributed by atoms with Gasteiger partial charge in [0.15, 0.2) is 0 Å². The summed E-state index contributed by atoms with van der Waals surface area (Å²) in [5, 5.41) is 4.89. The van der Waals surface area contributed by atoms with Crippen molar-refractivity contribution < 1.29 is 8.42 Å². The second-order valence-corrected chi connectivity index (χ2v) is 6.50. The topological polar surface area (TPSA) is 63.4 Å². The predicted molar refractivity (Wildman–Crippen MR) is 68.8 cm³/mol. The van der Waals surface area contributed by atoms with E-state index in [0.717, 1.165) is 32.2 Å². The summed E-state index contributed by atoms with van der Waals surface area (Å²) in [6.45, 7) is 3.03. The van der Waals surface area contributed by atoms with Crippen LogP contribution in [0.1, 0.15) is 45.4 Å². The lowest BCUT2D eigenvalue weighted by atomic mass is 10.1. The van der Waals surface area contributed by atoms with E-state index in [9.17, 15) is 8.42 Å². The van der Waals surface area contributed by atoms with Crippen LogP contribution >= 0.6 is 0 Å². The zero-order valence-corrected chi connectivity index (χ0v) is 11.6. The van der Waals surface area contributed by atoms with Crippen molar-refractivity contribution in [3.05, 3.63) is 0 Å². The summed E-state index contributed by atoms with van der Waals surface area (Å²) in [4.78, 5) is 2.06. The van der Waals surface area contributed by atoms with Gasteiger partial charge >= 0.3 is 0 Å². The van der Waals surface area contributed by atoms with Gasteiger partial charge in [-0.25, -0.2) is 13.6 Å². The molecule has 0 aromatic carbocycles. The summed E-state index contributed by atoms with van der Waals surface area (Å²) in [5.41, 5.74) is 0. The summed E-state index contributed by atoms with van der Waals surface area (Å²) in [6, 6.07) is 0. The van der Waals surface area contributed by atoms with Crippen LogP contribution in [0.2, 0.25) is 0 Å². The molecule has 0 saturated carbocycles. The van der Waals surface area contributed by atoms with Crippen molar-refractivity contribution in [1.29, 1.82) is 0 Å². The number of hydrogen-bond donors (Lipinski definition) is 1. The zero-order chi connectivity index (χ0) is 12.6. The molecule has 98 valence electrons. The van der Waals surface area contributed by atoms with Gasteiger partial charge in [-0.05, 0) is 39.9 Å². The lowest BCUT2D eigenvalue weighted by molar-refractivity contribution is 0.388. The van der Waals surface area contributed by atoms with Crippen molar-refractivity contribution in [2.75, 3.05) is 20.6 Å². The van der Waals surface area contributed by atoms with Crippen LogP contribution < -0.4 is 5.14 Å². The summed E-state index contributed by atoms with van der Waals surface area (Å²) < 4.78 is 22.7. The largest absolute Gasteiger partial charge is 0.309 e. The first-order valence-electron chi connectivity index (χ1n) is 6.04. The fourth-order valence-corrected chi connectivity index (χ4v) is 2.72. The number of hydrogen-bond acceptors (Lipinski definition) is 3. The first-order valence-corrected chi connectivity index (χ1v) is 7.65. The van der Waals surface area contributed by atoms with Gasteiger partial charge in [0.05, 0.1) is 5.25 Å². The maximum absolute atomic E-state index is 11.4. The fourth-order valence-electron chi connectivity index (χ4n) is 1.73. The molecular formula is C11H26N2O2S. The van der Waals surface area contributed by atoms with Crippen LogP contribution in [-0.2, 0) is 10.0 Å². The summed E-state index contributed by atoms with van der Waals surface area (Å²) in [7, 11) is 0.616. The first-order chi connectivity index (χ1) is 7.38. The van der Waals surface area contributed by atoms with Crippen LogP contribution in [0.15, 0.2) is 0 Å². The maximum Gasteiger partial charge on any atom is 0.211 e. The fraction of sp³-hybridized carbons (Fsp3) is 1.00. The quantitative estimate of drug-likeness (QED) is 0.632. The van der Waals surface area contributed by atoms with E-state index in [4.69, 9.17) is 5.14 Å². The molecule has 0 aliphatic heterocycles. The third-order valence-electron chi connectivity index (χ3n) is 2.73. The van der Waals surface area contributed by atoms with Crippen molar-refractivity contribution in [2.24, 2.45) is 5.14 Å². The molecule has 0 aliphatic rings. The predicted octanol–water partition coefficient (Wildman–Crippen LogP) is 1.57. The Morgan fingerprint density at radius 2 is 1.69 bits per heavy atom. The molecule has 0 fully saturated rings. The molecule has 0 aliphatic carbocycles. The first kappa shape index (κ1) is 15.9. The molecule has 2 N–H and O–H groups in total. The second kappa shape index (κ2) is 8.03. The maximum atomic E-state index is 11.4. The Morgan fingerprint density at radius 3 is 2.12 bits per heavy atom. The number of nitrogens with zero attached hydrogens (tertiary/aromatic N) is 1. The van der Waals surface area contributed by atoms with E-state index in [1.807, 2.05) is 14.1 Å². The number of nitrogens with two attached hydrogens (primary N) is 1. The molecule has 0 aromatic rings. The molecule has 0 heterocycles. The van der Waals surface area contributed by atoms with Crippen LogP contribution in [0.25, 0.3) is 0 Å². The Hall–Kier alpha value is -0.130. The smallest absolute Gasteiger partial charge is 0.211 e. The molecule has 4 nitrogen and oxygen atoms in total. The van der Waals surface area contributed by atoms with E-state index >= 15 is 0 Å². The third kappa shape index (κ3) is 8.07. The van der Waals surface area contributed by atoms with Crippen LogP contribution in [0.4, 0.5) is 0 Å². The molecule has 0 spiro atoms. The van der Waals surface area contributed by atoms with Gasteiger partial charge in [-0.3, -0.25) is 0 Å².